The highest BCUT2D eigenvalue weighted by Gasteiger charge is 2.02. The first-order valence-electron chi connectivity index (χ1n) is 5.19. The third-order valence-corrected chi connectivity index (χ3v) is 2.23. The maximum Gasteiger partial charge on any atom is 0.168 e. The molecule has 0 aliphatic heterocycles. The van der Waals surface area contributed by atoms with Gasteiger partial charge in [-0.3, -0.25) is 14.8 Å². The summed E-state index contributed by atoms with van der Waals surface area (Å²) in [6.45, 7) is 4.11. The normalized spacial score (nSPS) is 12.9. The standard InChI is InChI=1S/C12H16N2O/c1-3-10(2)14-9-6-12(15)11-4-7-13-8-5-11/h4-5,7-10H,3,6H2,1-2H3. The zero-order valence-electron chi connectivity index (χ0n) is 9.18. The number of aromatic nitrogens is 1. The van der Waals surface area contributed by atoms with E-state index in [1.807, 2.05) is 6.92 Å². The van der Waals surface area contributed by atoms with Gasteiger partial charge in [0.15, 0.2) is 5.78 Å². The Bertz CT molecular complexity index is 333. The monoisotopic (exact) mass is 204 g/mol. The van der Waals surface area contributed by atoms with Gasteiger partial charge in [-0.2, -0.15) is 0 Å². The average molecular weight is 204 g/mol. The van der Waals surface area contributed by atoms with E-state index in [0.29, 0.717) is 18.0 Å². The van der Waals surface area contributed by atoms with Crippen molar-refractivity contribution in [3.8, 4) is 0 Å². The van der Waals surface area contributed by atoms with Crippen LogP contribution in [-0.4, -0.2) is 23.0 Å². The quantitative estimate of drug-likeness (QED) is 0.546. The van der Waals surface area contributed by atoms with E-state index in [1.165, 1.54) is 0 Å². The van der Waals surface area contributed by atoms with E-state index in [1.54, 1.807) is 30.7 Å². The predicted octanol–water partition coefficient (Wildman–Crippen LogP) is 2.52. The first-order chi connectivity index (χ1) is 7.24. The zero-order valence-corrected chi connectivity index (χ0v) is 9.18. The lowest BCUT2D eigenvalue weighted by atomic mass is 10.1. The Balaban J connectivity index is 2.47. The van der Waals surface area contributed by atoms with E-state index in [9.17, 15) is 4.79 Å². The van der Waals surface area contributed by atoms with Crippen molar-refractivity contribution in [2.24, 2.45) is 4.99 Å². The highest BCUT2D eigenvalue weighted by atomic mass is 16.1. The molecule has 1 aromatic heterocycles. The molecule has 0 amide bonds. The van der Waals surface area contributed by atoms with Crippen LogP contribution in [0, 0.1) is 0 Å². The third-order valence-electron chi connectivity index (χ3n) is 2.23. The molecule has 0 fully saturated rings. The molecular formula is C12H16N2O. The number of hydrogen-bond donors (Lipinski definition) is 0. The van der Waals surface area contributed by atoms with E-state index < -0.39 is 0 Å². The Kier molecular flexibility index (Phi) is 4.68. The Hall–Kier alpha value is -1.51. The summed E-state index contributed by atoms with van der Waals surface area (Å²) >= 11 is 0. The van der Waals surface area contributed by atoms with Crippen LogP contribution in [0.3, 0.4) is 0 Å². The molecule has 3 heteroatoms. The van der Waals surface area contributed by atoms with Gasteiger partial charge in [0.2, 0.25) is 0 Å². The number of pyridine rings is 1. The molecule has 0 aliphatic carbocycles. The number of carbonyl (C=O) groups is 1. The molecule has 0 radical (unpaired) electrons. The van der Waals surface area contributed by atoms with Gasteiger partial charge in [-0.25, -0.2) is 0 Å². The summed E-state index contributed by atoms with van der Waals surface area (Å²) in [6, 6.07) is 3.74. The fourth-order valence-electron chi connectivity index (χ4n) is 1.08. The highest BCUT2D eigenvalue weighted by Crippen LogP contribution is 2.01. The smallest absolute Gasteiger partial charge is 0.168 e. The van der Waals surface area contributed by atoms with Crippen molar-refractivity contribution in [1.82, 2.24) is 4.98 Å². The second-order valence-electron chi connectivity index (χ2n) is 3.45. The Morgan fingerprint density at radius 2 is 2.20 bits per heavy atom. The molecule has 1 aromatic rings. The van der Waals surface area contributed by atoms with Crippen molar-refractivity contribution in [1.29, 1.82) is 0 Å². The minimum atomic E-state index is 0.0875. The van der Waals surface area contributed by atoms with Crippen molar-refractivity contribution in [2.75, 3.05) is 0 Å². The Labute approximate surface area is 90.3 Å². The van der Waals surface area contributed by atoms with E-state index >= 15 is 0 Å². The molecule has 0 aliphatic rings. The van der Waals surface area contributed by atoms with Gasteiger partial charge in [0, 0.05) is 36.6 Å². The van der Waals surface area contributed by atoms with Crippen LogP contribution < -0.4 is 0 Å². The molecule has 1 atom stereocenters. The van der Waals surface area contributed by atoms with E-state index in [4.69, 9.17) is 0 Å². The molecule has 1 unspecified atom stereocenters. The number of nitrogens with zero attached hydrogens (tertiary/aromatic N) is 2. The highest BCUT2D eigenvalue weighted by molar-refractivity contribution is 6.03. The number of aliphatic imine (C=N–C) groups is 1. The second-order valence-corrected chi connectivity index (χ2v) is 3.45. The molecule has 15 heavy (non-hydrogen) atoms. The third kappa shape index (κ3) is 4.02. The SMILES string of the molecule is CCC(C)N=CCC(=O)c1ccncc1. The number of carbonyl (C=O) groups excluding carboxylic acids is 1. The van der Waals surface area contributed by atoms with Gasteiger partial charge in [0.25, 0.3) is 0 Å². The van der Waals surface area contributed by atoms with Gasteiger partial charge in [0.05, 0.1) is 0 Å². The minimum absolute atomic E-state index is 0.0875. The first kappa shape index (κ1) is 11.6. The average Bonchev–Trinajstić information content (AvgIpc) is 2.29. The van der Waals surface area contributed by atoms with Gasteiger partial charge in [-0.15, -0.1) is 0 Å². The number of rotatable bonds is 5. The lowest BCUT2D eigenvalue weighted by Crippen LogP contribution is -2.01. The first-order valence-corrected chi connectivity index (χ1v) is 5.19. The molecule has 0 saturated heterocycles. The van der Waals surface area contributed by atoms with Gasteiger partial charge in [-0.1, -0.05) is 6.92 Å². The molecule has 0 aromatic carbocycles. The molecule has 80 valence electrons. The van der Waals surface area contributed by atoms with Crippen LogP contribution in [-0.2, 0) is 0 Å². The lowest BCUT2D eigenvalue weighted by Gasteiger charge is -1.99. The molecule has 1 rings (SSSR count). The van der Waals surface area contributed by atoms with E-state index in [0.717, 1.165) is 6.42 Å². The summed E-state index contributed by atoms with van der Waals surface area (Å²) in [5, 5.41) is 0. The number of ketones is 1. The fraction of sp³-hybridized carbons (Fsp3) is 0.417. The van der Waals surface area contributed by atoms with Crippen LogP contribution in [0.5, 0.6) is 0 Å². The summed E-state index contributed by atoms with van der Waals surface area (Å²) in [5.74, 6) is 0.0875. The van der Waals surface area contributed by atoms with Gasteiger partial charge < -0.3 is 0 Å². The van der Waals surface area contributed by atoms with E-state index in [2.05, 4.69) is 16.9 Å². The Morgan fingerprint density at radius 1 is 1.53 bits per heavy atom. The van der Waals surface area contributed by atoms with Gasteiger partial charge >= 0.3 is 0 Å². The van der Waals surface area contributed by atoms with Crippen LogP contribution in [0.2, 0.25) is 0 Å². The van der Waals surface area contributed by atoms with Gasteiger partial charge in [0.1, 0.15) is 0 Å². The molecule has 0 spiro atoms. The molecule has 0 saturated carbocycles. The summed E-state index contributed by atoms with van der Waals surface area (Å²) in [4.78, 5) is 19.7. The summed E-state index contributed by atoms with van der Waals surface area (Å²) < 4.78 is 0. The van der Waals surface area contributed by atoms with Crippen LogP contribution in [0.25, 0.3) is 0 Å². The van der Waals surface area contributed by atoms with Crippen molar-refractivity contribution in [3.05, 3.63) is 30.1 Å². The summed E-state index contributed by atoms with van der Waals surface area (Å²) in [7, 11) is 0. The van der Waals surface area contributed by atoms with Gasteiger partial charge in [-0.05, 0) is 25.5 Å². The topological polar surface area (TPSA) is 42.3 Å². The number of hydrogen-bond acceptors (Lipinski definition) is 3. The Morgan fingerprint density at radius 3 is 2.80 bits per heavy atom. The zero-order chi connectivity index (χ0) is 11.1. The van der Waals surface area contributed by atoms with Crippen molar-refractivity contribution < 1.29 is 4.79 Å². The molecule has 0 bridgehead atoms. The largest absolute Gasteiger partial charge is 0.294 e. The van der Waals surface area contributed by atoms with Crippen LogP contribution in [0.15, 0.2) is 29.5 Å². The minimum Gasteiger partial charge on any atom is -0.294 e. The summed E-state index contributed by atoms with van der Waals surface area (Å²) in [6.07, 6.45) is 6.32. The van der Waals surface area contributed by atoms with Crippen LogP contribution >= 0.6 is 0 Å². The maximum atomic E-state index is 11.6. The maximum absolute atomic E-state index is 11.6. The molecule has 0 N–H and O–H groups in total. The second kappa shape index (κ2) is 6.06. The van der Waals surface area contributed by atoms with Crippen molar-refractivity contribution in [3.63, 3.8) is 0 Å². The molecular weight excluding hydrogens is 188 g/mol. The fourth-order valence-corrected chi connectivity index (χ4v) is 1.08. The summed E-state index contributed by atoms with van der Waals surface area (Å²) in [5.41, 5.74) is 0.695. The van der Waals surface area contributed by atoms with Crippen LogP contribution in [0.4, 0.5) is 0 Å². The number of Topliss-reactive ketones (excluding diaryl/α,β-unsaturated/α-hetero) is 1. The van der Waals surface area contributed by atoms with Crippen molar-refractivity contribution >= 4 is 12.0 Å². The van der Waals surface area contributed by atoms with E-state index in [-0.39, 0.29) is 5.78 Å². The van der Waals surface area contributed by atoms with Crippen LogP contribution in [0.1, 0.15) is 37.0 Å². The molecule has 1 heterocycles. The predicted molar refractivity (Wildman–Crippen MR) is 61.4 cm³/mol. The lowest BCUT2D eigenvalue weighted by molar-refractivity contribution is 0.100. The van der Waals surface area contributed by atoms with Crippen molar-refractivity contribution in [2.45, 2.75) is 32.7 Å². The molecule has 3 nitrogen and oxygen atoms in total.